The van der Waals surface area contributed by atoms with E-state index in [9.17, 15) is 14.4 Å². The lowest BCUT2D eigenvalue weighted by Gasteiger charge is -2.18. The largest absolute Gasteiger partial charge is 0.462 e. The number of ether oxygens (including phenoxy) is 3. The van der Waals surface area contributed by atoms with Crippen LogP contribution in [-0.4, -0.2) is 37.2 Å². The van der Waals surface area contributed by atoms with Crippen molar-refractivity contribution in [1.82, 2.24) is 0 Å². The summed E-state index contributed by atoms with van der Waals surface area (Å²) in [5.74, 6) is -0.857. The summed E-state index contributed by atoms with van der Waals surface area (Å²) in [7, 11) is 0. The fourth-order valence-corrected chi connectivity index (χ4v) is 10.1. The van der Waals surface area contributed by atoms with Gasteiger partial charge in [0.2, 0.25) is 0 Å². The Balaban J connectivity index is 4.12. The maximum Gasteiger partial charge on any atom is 0.306 e. The van der Waals surface area contributed by atoms with Crippen molar-refractivity contribution in [1.29, 1.82) is 0 Å². The van der Waals surface area contributed by atoms with E-state index in [0.717, 1.165) is 89.9 Å². The number of allylic oxidation sites excluding steroid dienone is 12. The van der Waals surface area contributed by atoms with E-state index in [0.29, 0.717) is 19.3 Å². The van der Waals surface area contributed by atoms with Crippen LogP contribution in [0.5, 0.6) is 0 Å². The first-order valence-corrected chi connectivity index (χ1v) is 34.4. The number of unbranched alkanes of at least 4 members (excludes halogenated alkanes) is 40. The Labute approximate surface area is 491 Å². The fourth-order valence-electron chi connectivity index (χ4n) is 10.1. The van der Waals surface area contributed by atoms with Gasteiger partial charge in [0.25, 0.3) is 0 Å². The zero-order chi connectivity index (χ0) is 57.1. The molecule has 0 aromatic carbocycles. The van der Waals surface area contributed by atoms with E-state index in [-0.39, 0.29) is 31.1 Å². The smallest absolute Gasteiger partial charge is 0.306 e. The molecule has 0 aromatic heterocycles. The van der Waals surface area contributed by atoms with Crippen LogP contribution in [0.4, 0.5) is 0 Å². The Hall–Kier alpha value is -3.15. The number of esters is 3. The molecule has 6 heteroatoms. The van der Waals surface area contributed by atoms with Crippen molar-refractivity contribution in [3.8, 4) is 0 Å². The molecule has 6 nitrogen and oxygen atoms in total. The van der Waals surface area contributed by atoms with Gasteiger partial charge in [0.1, 0.15) is 13.2 Å². The molecule has 0 radical (unpaired) electrons. The summed E-state index contributed by atoms with van der Waals surface area (Å²) in [4.78, 5) is 38.3. The third-order valence-corrected chi connectivity index (χ3v) is 15.2. The molecule has 0 heterocycles. The minimum Gasteiger partial charge on any atom is -0.462 e. The van der Waals surface area contributed by atoms with E-state index >= 15 is 0 Å². The summed E-state index contributed by atoms with van der Waals surface area (Å²) < 4.78 is 16.9. The highest BCUT2D eigenvalue weighted by atomic mass is 16.6. The van der Waals surface area contributed by atoms with E-state index in [1.165, 1.54) is 225 Å². The number of hydrogen-bond acceptors (Lipinski definition) is 6. The van der Waals surface area contributed by atoms with E-state index in [1.807, 2.05) is 0 Å². The molecule has 0 bridgehead atoms. The van der Waals surface area contributed by atoms with Gasteiger partial charge >= 0.3 is 17.9 Å². The number of carbonyl (C=O) groups is 3. The van der Waals surface area contributed by atoms with Gasteiger partial charge in [-0.1, -0.05) is 318 Å². The van der Waals surface area contributed by atoms with Crippen LogP contribution in [-0.2, 0) is 28.6 Å². The average Bonchev–Trinajstić information content (AvgIpc) is 3.45. The lowest BCUT2D eigenvalue weighted by molar-refractivity contribution is -0.167. The molecule has 0 aliphatic heterocycles. The Morgan fingerprint density at radius 1 is 0.266 bits per heavy atom. The summed E-state index contributed by atoms with van der Waals surface area (Å²) in [6.45, 7) is 6.55. The van der Waals surface area contributed by atoms with Gasteiger partial charge in [-0.15, -0.1) is 0 Å². The zero-order valence-electron chi connectivity index (χ0n) is 52.6. The van der Waals surface area contributed by atoms with E-state index in [1.54, 1.807) is 0 Å². The van der Waals surface area contributed by atoms with Gasteiger partial charge in [-0.25, -0.2) is 0 Å². The first-order chi connectivity index (χ1) is 39.0. The predicted molar refractivity (Wildman–Crippen MR) is 344 cm³/mol. The SMILES string of the molecule is CC/C=C\C/C=C\C/C=C\C/C=C\C/C=C\CCCCCCCCCCCCCCCCCC(=O)OCC(COC(=O)CCCCCCCCCCC)OC(=O)CCCCCCCCCCC/C=C\CCCCCCCCCC. The van der Waals surface area contributed by atoms with Gasteiger partial charge < -0.3 is 14.2 Å². The molecule has 0 amide bonds. The van der Waals surface area contributed by atoms with Gasteiger partial charge in [-0.2, -0.15) is 0 Å². The average molecular weight is 1100 g/mol. The van der Waals surface area contributed by atoms with Crippen LogP contribution in [0.25, 0.3) is 0 Å². The van der Waals surface area contributed by atoms with Crippen LogP contribution in [0.1, 0.15) is 355 Å². The number of hydrogen-bond donors (Lipinski definition) is 0. The van der Waals surface area contributed by atoms with Crippen molar-refractivity contribution >= 4 is 17.9 Å². The molecule has 0 aliphatic rings. The molecular weight excluding hydrogens is 973 g/mol. The second-order valence-corrected chi connectivity index (χ2v) is 23.1. The molecule has 0 aliphatic carbocycles. The maximum absolute atomic E-state index is 12.9. The molecule has 0 spiro atoms. The second-order valence-electron chi connectivity index (χ2n) is 23.1. The Kier molecular flexibility index (Phi) is 64.7. The summed E-state index contributed by atoms with van der Waals surface area (Å²) in [6, 6.07) is 0. The second kappa shape index (κ2) is 67.4. The molecule has 0 aromatic rings. The lowest BCUT2D eigenvalue weighted by Crippen LogP contribution is -2.30. The van der Waals surface area contributed by atoms with Gasteiger partial charge in [0, 0.05) is 19.3 Å². The summed E-state index contributed by atoms with van der Waals surface area (Å²) in [5, 5.41) is 0. The van der Waals surface area contributed by atoms with Crippen molar-refractivity contribution in [3.63, 3.8) is 0 Å². The molecule has 79 heavy (non-hydrogen) atoms. The molecule has 0 N–H and O–H groups in total. The molecule has 1 atom stereocenters. The van der Waals surface area contributed by atoms with E-state index < -0.39 is 6.10 Å². The fraction of sp³-hybridized carbons (Fsp3) is 0.795. The molecule has 0 rings (SSSR count). The number of carbonyl (C=O) groups excluding carboxylic acids is 3. The maximum atomic E-state index is 12.9. The Morgan fingerprint density at radius 2 is 0.494 bits per heavy atom. The lowest BCUT2D eigenvalue weighted by atomic mass is 10.0. The van der Waals surface area contributed by atoms with Crippen LogP contribution in [0.2, 0.25) is 0 Å². The van der Waals surface area contributed by atoms with Crippen molar-refractivity contribution in [2.24, 2.45) is 0 Å². The van der Waals surface area contributed by atoms with Crippen LogP contribution in [0, 0.1) is 0 Å². The third kappa shape index (κ3) is 65.5. The Morgan fingerprint density at radius 3 is 0.785 bits per heavy atom. The van der Waals surface area contributed by atoms with Crippen LogP contribution in [0.15, 0.2) is 72.9 Å². The van der Waals surface area contributed by atoms with E-state index in [2.05, 4.69) is 93.7 Å². The highest BCUT2D eigenvalue weighted by molar-refractivity contribution is 5.71. The quantitative estimate of drug-likeness (QED) is 0.0261. The Bertz CT molecular complexity index is 1450. The van der Waals surface area contributed by atoms with Crippen molar-refractivity contribution in [2.75, 3.05) is 13.2 Å². The van der Waals surface area contributed by atoms with Crippen LogP contribution < -0.4 is 0 Å². The third-order valence-electron chi connectivity index (χ3n) is 15.2. The standard InChI is InChI=1S/C73H130O6/c1-4-7-10-13-16-19-21-23-25-27-29-31-32-33-34-35-36-37-38-39-40-42-43-45-47-49-51-54-57-60-63-66-72(75)78-69-70(68-77-71(74)65-62-59-56-53-18-15-12-9-6-3)79-73(76)67-64-61-58-55-52-50-48-46-44-41-30-28-26-24-22-20-17-14-11-8-5-2/h7,10,16,19,23,25,28-31,33-34,70H,4-6,8-9,11-15,17-18,20-22,24,26-27,32,35-69H2,1-3H3/b10-7-,19-16-,25-23-,30-28-,31-29-,34-33-. The van der Waals surface area contributed by atoms with Crippen LogP contribution in [0.3, 0.4) is 0 Å². The highest BCUT2D eigenvalue weighted by Crippen LogP contribution is 2.17. The normalized spacial score (nSPS) is 12.5. The molecule has 0 fully saturated rings. The van der Waals surface area contributed by atoms with E-state index in [4.69, 9.17) is 14.2 Å². The first kappa shape index (κ1) is 75.8. The minimum atomic E-state index is -0.773. The van der Waals surface area contributed by atoms with Crippen molar-refractivity contribution in [2.45, 2.75) is 361 Å². The molecule has 1 unspecified atom stereocenters. The van der Waals surface area contributed by atoms with Gasteiger partial charge in [-0.3, -0.25) is 14.4 Å². The van der Waals surface area contributed by atoms with Crippen LogP contribution >= 0.6 is 0 Å². The predicted octanol–water partition coefficient (Wildman–Crippen LogP) is 23.7. The summed E-state index contributed by atoms with van der Waals surface area (Å²) in [5.41, 5.74) is 0. The van der Waals surface area contributed by atoms with Crippen molar-refractivity contribution in [3.05, 3.63) is 72.9 Å². The van der Waals surface area contributed by atoms with Crippen molar-refractivity contribution < 1.29 is 28.6 Å². The summed E-state index contributed by atoms with van der Waals surface area (Å²) in [6.07, 6.45) is 88.0. The minimum absolute atomic E-state index is 0.0711. The van der Waals surface area contributed by atoms with Gasteiger partial charge in [-0.05, 0) is 89.9 Å². The molecule has 0 saturated heterocycles. The van der Waals surface area contributed by atoms with Gasteiger partial charge in [0.15, 0.2) is 6.10 Å². The molecular formula is C73H130O6. The topological polar surface area (TPSA) is 78.9 Å². The monoisotopic (exact) mass is 1100 g/mol. The zero-order valence-corrected chi connectivity index (χ0v) is 52.6. The number of rotatable bonds is 63. The summed E-state index contributed by atoms with van der Waals surface area (Å²) >= 11 is 0. The first-order valence-electron chi connectivity index (χ1n) is 34.4. The van der Waals surface area contributed by atoms with Gasteiger partial charge in [0.05, 0.1) is 0 Å². The molecule has 458 valence electrons. The molecule has 0 saturated carbocycles. The highest BCUT2D eigenvalue weighted by Gasteiger charge is 2.19.